The van der Waals surface area contributed by atoms with Crippen molar-refractivity contribution < 1.29 is 19.4 Å². The fourth-order valence-electron chi connectivity index (χ4n) is 4.86. The summed E-state index contributed by atoms with van der Waals surface area (Å²) in [5.74, 6) is 1.15. The van der Waals surface area contributed by atoms with E-state index in [2.05, 4.69) is 29.2 Å². The van der Waals surface area contributed by atoms with E-state index in [1.807, 2.05) is 62.1 Å². The number of rotatable bonds is 8. The number of nitrogens with zero attached hydrogens (tertiary/aromatic N) is 2. The topological polar surface area (TPSA) is 62.2 Å². The highest BCUT2D eigenvalue weighted by atomic mass is 16.6. The van der Waals surface area contributed by atoms with Crippen molar-refractivity contribution in [3.63, 3.8) is 0 Å². The molecule has 1 amide bonds. The van der Waals surface area contributed by atoms with Crippen LogP contribution in [0.5, 0.6) is 5.75 Å². The van der Waals surface area contributed by atoms with E-state index < -0.39 is 11.7 Å². The van der Waals surface area contributed by atoms with Gasteiger partial charge in [-0.3, -0.25) is 0 Å². The standard InChI is InChI=1S/C28H38N2O4/c1-28(2,3)34-27(32)30(26-18-25(26)21-10-6-4-7-11-21)22-14-16-29(17-15-22)19-23(31)20-33-24-12-8-5-9-13-24/h4-13,22-23,25-26,31H,14-20H2,1-3H3. The van der Waals surface area contributed by atoms with Gasteiger partial charge in [0.1, 0.15) is 24.1 Å². The van der Waals surface area contributed by atoms with Crippen molar-refractivity contribution in [1.82, 2.24) is 9.80 Å². The maximum Gasteiger partial charge on any atom is 0.410 e. The maximum absolute atomic E-state index is 13.2. The lowest BCUT2D eigenvalue weighted by atomic mass is 10.0. The molecule has 2 fully saturated rings. The van der Waals surface area contributed by atoms with Crippen molar-refractivity contribution in [3.8, 4) is 5.75 Å². The lowest BCUT2D eigenvalue weighted by Gasteiger charge is -2.40. The summed E-state index contributed by atoms with van der Waals surface area (Å²) in [5, 5.41) is 10.5. The molecular weight excluding hydrogens is 428 g/mol. The van der Waals surface area contributed by atoms with Crippen LogP contribution in [0.3, 0.4) is 0 Å². The molecule has 34 heavy (non-hydrogen) atoms. The maximum atomic E-state index is 13.2. The van der Waals surface area contributed by atoms with Crippen molar-refractivity contribution in [2.45, 2.75) is 69.7 Å². The van der Waals surface area contributed by atoms with E-state index in [1.54, 1.807) is 0 Å². The zero-order valence-corrected chi connectivity index (χ0v) is 20.6. The summed E-state index contributed by atoms with van der Waals surface area (Å²) < 4.78 is 11.5. The van der Waals surface area contributed by atoms with Gasteiger partial charge >= 0.3 is 6.09 Å². The number of aliphatic hydroxyl groups excluding tert-OH is 1. The van der Waals surface area contributed by atoms with Crippen LogP contribution in [-0.2, 0) is 4.74 Å². The molecule has 6 heteroatoms. The second-order valence-electron chi connectivity index (χ2n) is 10.5. The normalized spacial score (nSPS) is 22.1. The van der Waals surface area contributed by atoms with Crippen LogP contribution in [-0.4, -0.2) is 71.0 Å². The van der Waals surface area contributed by atoms with Crippen molar-refractivity contribution in [2.24, 2.45) is 0 Å². The molecule has 0 radical (unpaired) electrons. The average molecular weight is 467 g/mol. The minimum Gasteiger partial charge on any atom is -0.491 e. The van der Waals surface area contributed by atoms with Gasteiger partial charge in [-0.25, -0.2) is 4.79 Å². The van der Waals surface area contributed by atoms with Crippen LogP contribution >= 0.6 is 0 Å². The van der Waals surface area contributed by atoms with Crippen LogP contribution < -0.4 is 4.74 Å². The molecule has 2 aliphatic rings. The third kappa shape index (κ3) is 6.73. The highest BCUT2D eigenvalue weighted by molar-refractivity contribution is 5.70. The van der Waals surface area contributed by atoms with Gasteiger partial charge in [0.25, 0.3) is 0 Å². The number of hydrogen-bond donors (Lipinski definition) is 1. The molecule has 1 aliphatic carbocycles. The third-order valence-corrected chi connectivity index (χ3v) is 6.55. The van der Waals surface area contributed by atoms with Gasteiger partial charge in [-0.05, 0) is 57.7 Å². The molecule has 2 aromatic rings. The molecule has 1 N–H and O–H groups in total. The fraction of sp³-hybridized carbons (Fsp3) is 0.536. The zero-order valence-electron chi connectivity index (χ0n) is 20.6. The first-order valence-corrected chi connectivity index (χ1v) is 12.4. The number of amides is 1. The average Bonchev–Trinajstić information content (AvgIpc) is 3.59. The fourth-order valence-corrected chi connectivity index (χ4v) is 4.86. The van der Waals surface area contributed by atoms with Crippen LogP contribution in [0.1, 0.15) is 51.5 Å². The number of carbonyl (C=O) groups is 1. The van der Waals surface area contributed by atoms with E-state index >= 15 is 0 Å². The van der Waals surface area contributed by atoms with Crippen molar-refractivity contribution >= 4 is 6.09 Å². The predicted molar refractivity (Wildman–Crippen MR) is 133 cm³/mol. The Morgan fingerprint density at radius 1 is 1.06 bits per heavy atom. The molecule has 1 aliphatic heterocycles. The summed E-state index contributed by atoms with van der Waals surface area (Å²) in [7, 11) is 0. The van der Waals surface area contributed by atoms with Crippen molar-refractivity contribution in [2.75, 3.05) is 26.2 Å². The summed E-state index contributed by atoms with van der Waals surface area (Å²) in [5.41, 5.74) is 0.774. The summed E-state index contributed by atoms with van der Waals surface area (Å²) in [6.07, 6.45) is 1.99. The first kappa shape index (κ1) is 24.6. The Hall–Kier alpha value is -2.57. The first-order chi connectivity index (χ1) is 16.3. The molecule has 6 nitrogen and oxygen atoms in total. The van der Waals surface area contributed by atoms with E-state index in [0.29, 0.717) is 12.5 Å². The minimum atomic E-state index is -0.551. The monoisotopic (exact) mass is 466 g/mol. The molecule has 1 saturated carbocycles. The van der Waals surface area contributed by atoms with Crippen LogP contribution in [0.2, 0.25) is 0 Å². The number of likely N-dealkylation sites (tertiary alicyclic amines) is 1. The SMILES string of the molecule is CC(C)(C)OC(=O)N(C1CCN(CC(O)COc2ccccc2)CC1)C1CC1c1ccccc1. The number of carbonyl (C=O) groups excluding carboxylic acids is 1. The van der Waals surface area contributed by atoms with E-state index in [0.717, 1.165) is 38.1 Å². The van der Waals surface area contributed by atoms with Gasteiger partial charge in [-0.15, -0.1) is 0 Å². The predicted octanol–water partition coefficient (Wildman–Crippen LogP) is 4.68. The van der Waals surface area contributed by atoms with Gasteiger partial charge in [-0.2, -0.15) is 0 Å². The molecule has 1 heterocycles. The van der Waals surface area contributed by atoms with E-state index in [-0.39, 0.29) is 24.8 Å². The van der Waals surface area contributed by atoms with Crippen molar-refractivity contribution in [3.05, 3.63) is 66.2 Å². The Balaban J connectivity index is 1.32. The van der Waals surface area contributed by atoms with Gasteiger partial charge in [0.2, 0.25) is 0 Å². The third-order valence-electron chi connectivity index (χ3n) is 6.55. The zero-order chi connectivity index (χ0) is 24.1. The number of piperidine rings is 1. The summed E-state index contributed by atoms with van der Waals surface area (Å²) in [6, 6.07) is 20.4. The molecule has 3 atom stereocenters. The number of benzene rings is 2. The number of aliphatic hydroxyl groups is 1. The van der Waals surface area contributed by atoms with Gasteiger partial charge in [0.15, 0.2) is 0 Å². The smallest absolute Gasteiger partial charge is 0.410 e. The van der Waals surface area contributed by atoms with E-state index in [4.69, 9.17) is 9.47 Å². The highest BCUT2D eigenvalue weighted by Crippen LogP contribution is 2.46. The summed E-state index contributed by atoms with van der Waals surface area (Å²) in [6.45, 7) is 8.30. The van der Waals surface area contributed by atoms with E-state index in [9.17, 15) is 9.90 Å². The first-order valence-electron chi connectivity index (χ1n) is 12.4. The lowest BCUT2D eigenvalue weighted by Crippen LogP contribution is -2.51. The number of para-hydroxylation sites is 1. The molecule has 0 bridgehead atoms. The van der Waals surface area contributed by atoms with Gasteiger partial charge in [0, 0.05) is 37.6 Å². The molecule has 0 spiro atoms. The molecule has 1 saturated heterocycles. The summed E-state index contributed by atoms with van der Waals surface area (Å²) in [4.78, 5) is 17.5. The Kier molecular flexibility index (Phi) is 7.79. The molecule has 3 unspecified atom stereocenters. The second-order valence-corrected chi connectivity index (χ2v) is 10.5. The Morgan fingerprint density at radius 3 is 2.29 bits per heavy atom. The van der Waals surface area contributed by atoms with E-state index in [1.165, 1.54) is 5.56 Å². The number of ether oxygens (including phenoxy) is 2. The minimum absolute atomic E-state index is 0.155. The van der Waals surface area contributed by atoms with Crippen LogP contribution in [0.15, 0.2) is 60.7 Å². The lowest BCUT2D eigenvalue weighted by molar-refractivity contribution is 0.000850. The van der Waals surface area contributed by atoms with Gasteiger partial charge < -0.3 is 24.4 Å². The van der Waals surface area contributed by atoms with Crippen molar-refractivity contribution in [1.29, 1.82) is 0 Å². The molecule has 0 aromatic heterocycles. The number of β-amino-alcohol motifs (C(OH)–C–C–N with tert-alkyl or cyclic N) is 1. The molecule has 2 aromatic carbocycles. The Bertz CT molecular complexity index is 907. The Morgan fingerprint density at radius 2 is 1.68 bits per heavy atom. The Labute approximate surface area is 203 Å². The highest BCUT2D eigenvalue weighted by Gasteiger charge is 2.48. The molecular formula is C28H38N2O4. The molecule has 4 rings (SSSR count). The quantitative estimate of drug-likeness (QED) is 0.612. The largest absolute Gasteiger partial charge is 0.491 e. The van der Waals surface area contributed by atoms with Crippen LogP contribution in [0, 0.1) is 0 Å². The second kappa shape index (κ2) is 10.8. The molecule has 184 valence electrons. The summed E-state index contributed by atoms with van der Waals surface area (Å²) >= 11 is 0. The van der Waals surface area contributed by atoms with Gasteiger partial charge in [0.05, 0.1) is 0 Å². The van der Waals surface area contributed by atoms with Crippen LogP contribution in [0.4, 0.5) is 4.79 Å². The van der Waals surface area contributed by atoms with Gasteiger partial charge in [-0.1, -0.05) is 48.5 Å². The number of hydrogen-bond acceptors (Lipinski definition) is 5. The van der Waals surface area contributed by atoms with Crippen LogP contribution in [0.25, 0.3) is 0 Å².